The summed E-state index contributed by atoms with van der Waals surface area (Å²) < 4.78 is 0. The van der Waals surface area contributed by atoms with Gasteiger partial charge in [0.2, 0.25) is 0 Å². The molecule has 1 N–H and O–H groups in total. The minimum Gasteiger partial charge on any atom is -0.481 e. The number of thiazole rings is 1. The highest BCUT2D eigenvalue weighted by atomic mass is 32.1. The van der Waals surface area contributed by atoms with Gasteiger partial charge in [-0.3, -0.25) is 9.69 Å². The molecule has 0 saturated carbocycles. The number of carboxylic acid groups (broad SMARTS) is 1. The summed E-state index contributed by atoms with van der Waals surface area (Å²) in [5, 5.41) is 12.1. The van der Waals surface area contributed by atoms with Crippen LogP contribution in [-0.2, 0) is 16.8 Å². The highest BCUT2D eigenvalue weighted by molar-refractivity contribution is 7.09. The lowest BCUT2D eigenvalue weighted by Crippen LogP contribution is -2.42. The van der Waals surface area contributed by atoms with Gasteiger partial charge in [-0.25, -0.2) is 4.98 Å². The van der Waals surface area contributed by atoms with Gasteiger partial charge >= 0.3 is 5.97 Å². The lowest BCUT2D eigenvalue weighted by molar-refractivity contribution is -0.137. The summed E-state index contributed by atoms with van der Waals surface area (Å²) in [6.07, 6.45) is 0.160. The number of hydrogen-bond acceptors (Lipinski definition) is 4. The van der Waals surface area contributed by atoms with Crippen LogP contribution in [0.15, 0.2) is 5.38 Å². The second kappa shape index (κ2) is 6.22. The zero-order valence-corrected chi connectivity index (χ0v) is 14.2. The average molecular weight is 298 g/mol. The molecule has 0 amide bonds. The molecule has 0 aromatic carbocycles. The molecule has 0 radical (unpaired) electrons. The third-order valence-electron chi connectivity index (χ3n) is 3.09. The van der Waals surface area contributed by atoms with E-state index in [9.17, 15) is 4.79 Å². The van der Waals surface area contributed by atoms with E-state index in [0.29, 0.717) is 13.1 Å². The predicted molar refractivity (Wildman–Crippen MR) is 83.2 cm³/mol. The molecule has 0 atom stereocenters. The van der Waals surface area contributed by atoms with E-state index >= 15 is 0 Å². The van der Waals surface area contributed by atoms with Crippen molar-refractivity contribution in [3.8, 4) is 0 Å². The van der Waals surface area contributed by atoms with Crippen molar-refractivity contribution < 1.29 is 9.90 Å². The lowest BCUT2D eigenvalue weighted by atomic mass is 9.98. The monoisotopic (exact) mass is 298 g/mol. The Bertz CT molecular complexity index is 455. The highest BCUT2D eigenvalue weighted by Gasteiger charge is 2.24. The van der Waals surface area contributed by atoms with Gasteiger partial charge in [0.05, 0.1) is 17.1 Å². The zero-order chi connectivity index (χ0) is 15.6. The molecule has 1 rings (SSSR count). The molecule has 1 heterocycles. The Morgan fingerprint density at radius 3 is 2.30 bits per heavy atom. The molecule has 0 unspecified atom stereocenters. The Morgan fingerprint density at radius 2 is 1.90 bits per heavy atom. The maximum atomic E-state index is 10.8. The summed E-state index contributed by atoms with van der Waals surface area (Å²) in [6.45, 7) is 14.0. The molecule has 0 spiro atoms. The summed E-state index contributed by atoms with van der Waals surface area (Å²) in [7, 11) is 0. The summed E-state index contributed by atoms with van der Waals surface area (Å²) >= 11 is 1.68. The van der Waals surface area contributed by atoms with Crippen LogP contribution in [-0.4, -0.2) is 33.0 Å². The molecule has 0 bridgehead atoms. The number of aliphatic carboxylic acids is 1. The van der Waals surface area contributed by atoms with Crippen molar-refractivity contribution in [2.75, 3.05) is 6.54 Å². The van der Waals surface area contributed by atoms with Gasteiger partial charge in [0.15, 0.2) is 0 Å². The first-order chi connectivity index (χ1) is 9.00. The Morgan fingerprint density at radius 1 is 1.30 bits per heavy atom. The van der Waals surface area contributed by atoms with Crippen LogP contribution >= 0.6 is 11.3 Å². The second-order valence-electron chi connectivity index (χ2n) is 7.13. The molecule has 1 aromatic heterocycles. The first-order valence-electron chi connectivity index (χ1n) is 6.92. The Labute approximate surface area is 125 Å². The van der Waals surface area contributed by atoms with E-state index in [1.807, 2.05) is 0 Å². The van der Waals surface area contributed by atoms with Crippen LogP contribution in [0.3, 0.4) is 0 Å². The van der Waals surface area contributed by atoms with E-state index in [0.717, 1.165) is 10.7 Å². The smallest absolute Gasteiger partial charge is 0.304 e. The molecular formula is C15H26N2O2S. The number of rotatable bonds is 5. The fourth-order valence-corrected chi connectivity index (χ4v) is 2.70. The number of aromatic nitrogens is 1. The Hall–Kier alpha value is -0.940. The van der Waals surface area contributed by atoms with Gasteiger partial charge in [0.1, 0.15) is 0 Å². The molecule has 4 nitrogen and oxygen atoms in total. The molecule has 0 aliphatic rings. The van der Waals surface area contributed by atoms with Gasteiger partial charge in [-0.05, 0) is 20.8 Å². The van der Waals surface area contributed by atoms with Crippen LogP contribution in [0.2, 0.25) is 0 Å². The molecule has 0 saturated heterocycles. The van der Waals surface area contributed by atoms with E-state index in [2.05, 4.69) is 51.8 Å². The molecule has 20 heavy (non-hydrogen) atoms. The number of nitrogens with zero attached hydrogens (tertiary/aromatic N) is 2. The van der Waals surface area contributed by atoms with E-state index in [-0.39, 0.29) is 17.4 Å². The van der Waals surface area contributed by atoms with Crippen molar-refractivity contribution in [1.29, 1.82) is 0 Å². The summed E-state index contributed by atoms with van der Waals surface area (Å²) in [6, 6.07) is 0. The molecule has 0 aliphatic heterocycles. The van der Waals surface area contributed by atoms with Crippen LogP contribution in [0, 0.1) is 0 Å². The van der Waals surface area contributed by atoms with Crippen LogP contribution < -0.4 is 0 Å². The molecule has 0 aliphatic carbocycles. The lowest BCUT2D eigenvalue weighted by Gasteiger charge is -2.34. The standard InChI is InChI=1S/C15H26N2O2S/c1-14(2,3)13-16-11(10-20-13)9-17(15(4,5)6)8-7-12(18)19/h10H,7-9H2,1-6H3,(H,18,19). The van der Waals surface area contributed by atoms with E-state index in [1.54, 1.807) is 11.3 Å². The van der Waals surface area contributed by atoms with Crippen LogP contribution in [0.1, 0.15) is 58.7 Å². The van der Waals surface area contributed by atoms with Gasteiger partial charge < -0.3 is 5.11 Å². The van der Waals surface area contributed by atoms with Gasteiger partial charge in [-0.1, -0.05) is 20.8 Å². The van der Waals surface area contributed by atoms with E-state index in [1.165, 1.54) is 0 Å². The molecule has 1 aromatic rings. The van der Waals surface area contributed by atoms with Crippen molar-refractivity contribution >= 4 is 17.3 Å². The maximum Gasteiger partial charge on any atom is 0.304 e. The van der Waals surface area contributed by atoms with Crippen molar-refractivity contribution in [2.24, 2.45) is 0 Å². The van der Waals surface area contributed by atoms with Gasteiger partial charge in [0, 0.05) is 29.4 Å². The quantitative estimate of drug-likeness (QED) is 0.903. The first kappa shape index (κ1) is 17.1. The average Bonchev–Trinajstić information content (AvgIpc) is 2.70. The Balaban J connectivity index is 2.79. The van der Waals surface area contributed by atoms with E-state index in [4.69, 9.17) is 10.1 Å². The molecular weight excluding hydrogens is 272 g/mol. The minimum atomic E-state index is -0.757. The molecule has 5 heteroatoms. The number of carboxylic acids is 1. The highest BCUT2D eigenvalue weighted by Crippen LogP contribution is 2.27. The fourth-order valence-electron chi connectivity index (χ4n) is 1.80. The van der Waals surface area contributed by atoms with Crippen LogP contribution in [0.5, 0.6) is 0 Å². The van der Waals surface area contributed by atoms with Crippen LogP contribution in [0.25, 0.3) is 0 Å². The topological polar surface area (TPSA) is 53.4 Å². The largest absolute Gasteiger partial charge is 0.481 e. The zero-order valence-electron chi connectivity index (χ0n) is 13.4. The van der Waals surface area contributed by atoms with Gasteiger partial charge in [0.25, 0.3) is 0 Å². The first-order valence-corrected chi connectivity index (χ1v) is 7.80. The van der Waals surface area contributed by atoms with Gasteiger partial charge in [-0.15, -0.1) is 11.3 Å². The Kier molecular flexibility index (Phi) is 5.33. The third-order valence-corrected chi connectivity index (χ3v) is 4.41. The van der Waals surface area contributed by atoms with Crippen molar-refractivity contribution in [2.45, 2.75) is 65.5 Å². The number of carbonyl (C=O) groups is 1. The normalized spacial score (nSPS) is 12.9. The van der Waals surface area contributed by atoms with Crippen molar-refractivity contribution in [1.82, 2.24) is 9.88 Å². The van der Waals surface area contributed by atoms with Crippen LogP contribution in [0.4, 0.5) is 0 Å². The SMILES string of the molecule is CC(C)(C)c1nc(CN(CCC(=O)O)C(C)(C)C)cs1. The van der Waals surface area contributed by atoms with Crippen molar-refractivity contribution in [3.63, 3.8) is 0 Å². The second-order valence-corrected chi connectivity index (χ2v) is 7.99. The summed E-state index contributed by atoms with van der Waals surface area (Å²) in [5.41, 5.74) is 1.03. The maximum absolute atomic E-state index is 10.8. The number of hydrogen-bond donors (Lipinski definition) is 1. The third kappa shape index (κ3) is 5.21. The van der Waals surface area contributed by atoms with Gasteiger partial charge in [-0.2, -0.15) is 0 Å². The fraction of sp³-hybridized carbons (Fsp3) is 0.733. The molecule has 114 valence electrons. The minimum absolute atomic E-state index is 0.0660. The summed E-state index contributed by atoms with van der Waals surface area (Å²) in [5.74, 6) is -0.757. The summed E-state index contributed by atoms with van der Waals surface area (Å²) in [4.78, 5) is 17.6. The predicted octanol–water partition coefficient (Wildman–Crippen LogP) is 3.52. The van der Waals surface area contributed by atoms with E-state index < -0.39 is 5.97 Å². The van der Waals surface area contributed by atoms with Crippen molar-refractivity contribution in [3.05, 3.63) is 16.1 Å². The molecule has 0 fully saturated rings.